The zero-order valence-electron chi connectivity index (χ0n) is 16.3. The minimum absolute atomic E-state index is 0.0520. The normalized spacial score (nSPS) is 13.2. The number of carboxylic acids is 1. The van der Waals surface area contributed by atoms with Gasteiger partial charge in [-0.1, -0.05) is 77.8 Å². The number of aliphatic carboxylic acids is 1. The fourth-order valence-corrected chi connectivity index (χ4v) is 4.21. The Morgan fingerprint density at radius 3 is 2.13 bits per heavy atom. The molecule has 158 valence electrons. The minimum Gasteiger partial charge on any atom is -0.480 e. The minimum atomic E-state index is -1.17. The van der Waals surface area contributed by atoms with Crippen LogP contribution in [0.5, 0.6) is 0 Å². The number of hydrogen-bond acceptors (Lipinski definition) is 3. The van der Waals surface area contributed by atoms with Crippen LogP contribution in [0.4, 0.5) is 4.79 Å². The Bertz CT molecular complexity index is 1100. The molecule has 1 amide bonds. The van der Waals surface area contributed by atoms with Crippen molar-refractivity contribution in [2.24, 2.45) is 0 Å². The van der Waals surface area contributed by atoms with Crippen molar-refractivity contribution in [3.63, 3.8) is 0 Å². The topological polar surface area (TPSA) is 75.6 Å². The van der Waals surface area contributed by atoms with Crippen molar-refractivity contribution in [3.05, 3.63) is 93.5 Å². The van der Waals surface area contributed by atoms with Crippen LogP contribution in [0.1, 0.15) is 22.6 Å². The summed E-state index contributed by atoms with van der Waals surface area (Å²) >= 11 is 11.9. The highest BCUT2D eigenvalue weighted by molar-refractivity contribution is 6.42. The number of carbonyl (C=O) groups excluding carboxylic acids is 1. The van der Waals surface area contributed by atoms with E-state index in [9.17, 15) is 14.7 Å². The van der Waals surface area contributed by atoms with Crippen LogP contribution >= 0.6 is 23.2 Å². The second-order valence-corrected chi connectivity index (χ2v) is 8.13. The Kier molecular flexibility index (Phi) is 6.16. The van der Waals surface area contributed by atoms with Gasteiger partial charge in [0.15, 0.2) is 0 Å². The fourth-order valence-electron chi connectivity index (χ4n) is 3.88. The maximum absolute atomic E-state index is 12.4. The second-order valence-electron chi connectivity index (χ2n) is 7.31. The Hall–Kier alpha value is -3.02. The molecular formula is C24H19Cl2NO4. The van der Waals surface area contributed by atoms with Crippen LogP contribution in [-0.2, 0) is 16.0 Å². The maximum atomic E-state index is 12.4. The van der Waals surface area contributed by atoms with Crippen LogP contribution in [0, 0.1) is 0 Å². The summed E-state index contributed by atoms with van der Waals surface area (Å²) < 4.78 is 5.44. The largest absolute Gasteiger partial charge is 0.480 e. The molecule has 4 rings (SSSR count). The first kappa shape index (κ1) is 21.2. The molecule has 5 nitrogen and oxygen atoms in total. The number of alkyl carbamates (subject to hydrolysis) is 1. The predicted molar refractivity (Wildman–Crippen MR) is 120 cm³/mol. The van der Waals surface area contributed by atoms with Crippen molar-refractivity contribution in [3.8, 4) is 11.1 Å². The van der Waals surface area contributed by atoms with Crippen LogP contribution in [0.2, 0.25) is 10.0 Å². The Labute approximate surface area is 189 Å². The van der Waals surface area contributed by atoms with Crippen molar-refractivity contribution in [2.75, 3.05) is 6.61 Å². The van der Waals surface area contributed by atoms with Gasteiger partial charge in [0.1, 0.15) is 12.6 Å². The first-order chi connectivity index (χ1) is 14.9. The average Bonchev–Trinajstić information content (AvgIpc) is 3.08. The number of carboxylic acid groups (broad SMARTS) is 1. The first-order valence-electron chi connectivity index (χ1n) is 9.72. The molecule has 0 bridgehead atoms. The van der Waals surface area contributed by atoms with Gasteiger partial charge in [0.2, 0.25) is 0 Å². The Balaban J connectivity index is 1.43. The highest BCUT2D eigenvalue weighted by Gasteiger charge is 2.29. The summed E-state index contributed by atoms with van der Waals surface area (Å²) in [7, 11) is 0. The Morgan fingerprint density at radius 1 is 0.935 bits per heavy atom. The smallest absolute Gasteiger partial charge is 0.407 e. The van der Waals surface area contributed by atoms with E-state index in [1.54, 1.807) is 18.2 Å². The van der Waals surface area contributed by atoms with Crippen molar-refractivity contribution in [2.45, 2.75) is 18.4 Å². The summed E-state index contributed by atoms with van der Waals surface area (Å²) in [5, 5.41) is 12.7. The molecule has 0 aromatic heterocycles. The van der Waals surface area contributed by atoms with Gasteiger partial charge in [-0.3, -0.25) is 0 Å². The molecule has 0 heterocycles. The van der Waals surface area contributed by atoms with Gasteiger partial charge in [-0.05, 0) is 39.9 Å². The number of rotatable bonds is 6. The van der Waals surface area contributed by atoms with E-state index in [2.05, 4.69) is 5.32 Å². The fraction of sp³-hybridized carbons (Fsp3) is 0.167. The van der Waals surface area contributed by atoms with Crippen LogP contribution in [0.15, 0.2) is 66.7 Å². The van der Waals surface area contributed by atoms with E-state index >= 15 is 0 Å². The van der Waals surface area contributed by atoms with E-state index in [-0.39, 0.29) is 18.9 Å². The van der Waals surface area contributed by atoms with Gasteiger partial charge in [0.05, 0.1) is 10.0 Å². The molecule has 0 saturated carbocycles. The zero-order valence-corrected chi connectivity index (χ0v) is 17.9. The SMILES string of the molecule is O=C(N[C@@H](Cc1ccc(Cl)c(Cl)c1)C(=O)O)OCC1c2ccccc2-c2ccccc21. The van der Waals surface area contributed by atoms with E-state index in [4.69, 9.17) is 27.9 Å². The van der Waals surface area contributed by atoms with Crippen LogP contribution in [0.25, 0.3) is 11.1 Å². The zero-order chi connectivity index (χ0) is 22.0. The molecule has 2 N–H and O–H groups in total. The third-order valence-electron chi connectivity index (χ3n) is 5.36. The number of nitrogens with one attached hydrogen (secondary N) is 1. The van der Waals surface area contributed by atoms with Crippen LogP contribution < -0.4 is 5.32 Å². The van der Waals surface area contributed by atoms with Crippen molar-refractivity contribution in [1.82, 2.24) is 5.32 Å². The molecule has 1 aliphatic rings. The van der Waals surface area contributed by atoms with Crippen LogP contribution in [0.3, 0.4) is 0 Å². The number of ether oxygens (including phenoxy) is 1. The molecule has 3 aromatic rings. The van der Waals surface area contributed by atoms with Gasteiger partial charge < -0.3 is 15.2 Å². The van der Waals surface area contributed by atoms with E-state index in [1.165, 1.54) is 0 Å². The van der Waals surface area contributed by atoms with Gasteiger partial charge in [0, 0.05) is 12.3 Å². The first-order valence-corrected chi connectivity index (χ1v) is 10.5. The van der Waals surface area contributed by atoms with Crippen LogP contribution in [-0.4, -0.2) is 29.8 Å². The third kappa shape index (κ3) is 4.53. The van der Waals surface area contributed by atoms with Crippen molar-refractivity contribution in [1.29, 1.82) is 0 Å². The monoisotopic (exact) mass is 455 g/mol. The molecule has 7 heteroatoms. The molecule has 0 radical (unpaired) electrons. The molecule has 1 aliphatic carbocycles. The van der Waals surface area contributed by atoms with E-state index in [0.717, 1.165) is 22.3 Å². The molecule has 0 unspecified atom stereocenters. The average molecular weight is 456 g/mol. The molecule has 31 heavy (non-hydrogen) atoms. The molecule has 3 aromatic carbocycles. The standard InChI is InChI=1S/C24H19Cl2NO4/c25-20-10-9-14(11-21(20)26)12-22(23(28)29)27-24(30)31-13-19-17-7-3-1-5-15(17)16-6-2-4-8-18(16)19/h1-11,19,22H,12-13H2,(H,27,30)(H,28,29)/t22-/m0/s1. The summed E-state index contributed by atoms with van der Waals surface area (Å²) in [5.41, 5.74) is 5.05. The van der Waals surface area contributed by atoms with Crippen molar-refractivity contribution < 1.29 is 19.4 Å². The third-order valence-corrected chi connectivity index (χ3v) is 6.10. The number of halogens is 2. The number of amides is 1. The molecule has 1 atom stereocenters. The van der Waals surface area contributed by atoms with E-state index in [0.29, 0.717) is 15.6 Å². The highest BCUT2D eigenvalue weighted by Crippen LogP contribution is 2.44. The number of fused-ring (bicyclic) bond motifs is 3. The van der Waals surface area contributed by atoms with E-state index < -0.39 is 18.1 Å². The summed E-state index contributed by atoms with van der Waals surface area (Å²) in [6, 6.07) is 19.7. The molecular weight excluding hydrogens is 437 g/mol. The number of carbonyl (C=O) groups is 2. The lowest BCUT2D eigenvalue weighted by atomic mass is 9.98. The number of benzene rings is 3. The van der Waals surface area contributed by atoms with Gasteiger partial charge in [-0.2, -0.15) is 0 Å². The molecule has 0 saturated heterocycles. The number of hydrogen-bond donors (Lipinski definition) is 2. The summed E-state index contributed by atoms with van der Waals surface area (Å²) in [6.07, 6.45) is -0.731. The molecule has 0 spiro atoms. The summed E-state index contributed by atoms with van der Waals surface area (Å²) in [4.78, 5) is 24.1. The predicted octanol–water partition coefficient (Wildman–Crippen LogP) is 5.53. The summed E-state index contributed by atoms with van der Waals surface area (Å²) in [6.45, 7) is 0.110. The Morgan fingerprint density at radius 2 is 1.55 bits per heavy atom. The quantitative estimate of drug-likeness (QED) is 0.512. The molecule has 0 fully saturated rings. The lowest BCUT2D eigenvalue weighted by molar-refractivity contribution is -0.139. The molecule has 0 aliphatic heterocycles. The van der Waals surface area contributed by atoms with Gasteiger partial charge in [-0.25, -0.2) is 9.59 Å². The van der Waals surface area contributed by atoms with E-state index in [1.807, 2.05) is 48.5 Å². The summed E-state index contributed by atoms with van der Waals surface area (Å²) in [5.74, 6) is -1.27. The van der Waals surface area contributed by atoms with Crippen molar-refractivity contribution >= 4 is 35.3 Å². The second kappa shape index (κ2) is 9.00. The lowest BCUT2D eigenvalue weighted by Crippen LogP contribution is -2.42. The lowest BCUT2D eigenvalue weighted by Gasteiger charge is -2.17. The highest BCUT2D eigenvalue weighted by atomic mass is 35.5. The van der Waals surface area contributed by atoms with Gasteiger partial charge >= 0.3 is 12.1 Å². The van der Waals surface area contributed by atoms with Gasteiger partial charge in [0.25, 0.3) is 0 Å². The van der Waals surface area contributed by atoms with Gasteiger partial charge in [-0.15, -0.1) is 0 Å². The maximum Gasteiger partial charge on any atom is 0.407 e.